The summed E-state index contributed by atoms with van der Waals surface area (Å²) in [5.74, 6) is -0.112. The van der Waals surface area contributed by atoms with Crippen molar-refractivity contribution in [2.24, 2.45) is 21.7 Å². The topological polar surface area (TPSA) is 87.7 Å². The van der Waals surface area contributed by atoms with Crippen LogP contribution in [-0.4, -0.2) is 22.5 Å². The molecule has 5 nitrogen and oxygen atoms in total. The summed E-state index contributed by atoms with van der Waals surface area (Å²) in [7, 11) is 0. The van der Waals surface area contributed by atoms with Crippen LogP contribution < -0.4 is 11.1 Å². The molecule has 0 aromatic rings. The lowest BCUT2D eigenvalue weighted by Crippen LogP contribution is -2.51. The quantitative estimate of drug-likeness (QED) is 0.310. The van der Waals surface area contributed by atoms with E-state index in [1.807, 2.05) is 13.8 Å². The van der Waals surface area contributed by atoms with Crippen molar-refractivity contribution in [1.82, 2.24) is 5.32 Å². The van der Waals surface area contributed by atoms with Crippen molar-refractivity contribution in [2.45, 2.75) is 59.4 Å². The summed E-state index contributed by atoms with van der Waals surface area (Å²) < 4.78 is 0. The van der Waals surface area contributed by atoms with E-state index in [-0.39, 0.29) is 22.7 Å². The minimum atomic E-state index is -0.774. The number of hydrogen-bond donors (Lipinski definition) is 3. The summed E-state index contributed by atoms with van der Waals surface area (Å²) in [6, 6.07) is 0. The second kappa shape index (κ2) is 4.44. The van der Waals surface area contributed by atoms with E-state index in [0.29, 0.717) is 12.8 Å². The van der Waals surface area contributed by atoms with Gasteiger partial charge in [0, 0.05) is 5.54 Å². The summed E-state index contributed by atoms with van der Waals surface area (Å²) in [5, 5.41) is 14.7. The highest BCUT2D eigenvalue weighted by Crippen LogP contribution is 2.46. The Hall–Kier alpha value is -1.26. The molecule has 0 radical (unpaired) electrons. The summed E-state index contributed by atoms with van der Waals surface area (Å²) >= 11 is 0. The molecule has 0 unspecified atom stereocenters. The second-order valence-corrected chi connectivity index (χ2v) is 7.14. The molecule has 0 saturated heterocycles. The number of amidine groups is 1. The summed E-state index contributed by atoms with van der Waals surface area (Å²) in [6.45, 7) is 10.4. The predicted octanol–water partition coefficient (Wildman–Crippen LogP) is 1.84. The molecule has 1 aliphatic rings. The average Bonchev–Trinajstić information content (AvgIpc) is 2.92. The first-order valence-electron chi connectivity index (χ1n) is 6.33. The van der Waals surface area contributed by atoms with Crippen LogP contribution >= 0.6 is 0 Å². The van der Waals surface area contributed by atoms with Gasteiger partial charge < -0.3 is 16.3 Å². The molecule has 0 aromatic heterocycles. The Kier molecular flexibility index (Phi) is 3.65. The fraction of sp³-hybridized carbons (Fsp3) is 0.846. The highest BCUT2D eigenvalue weighted by molar-refractivity contribution is 6.09. The number of carbonyl (C=O) groups is 1. The number of nitrogens with one attached hydrogen (secondary N) is 1. The zero-order valence-electron chi connectivity index (χ0n) is 12.0. The Bertz CT molecular complexity index is 363. The Morgan fingerprint density at radius 2 is 1.83 bits per heavy atom. The molecule has 104 valence electrons. The van der Waals surface area contributed by atoms with E-state index in [4.69, 9.17) is 10.9 Å². The third kappa shape index (κ3) is 3.37. The normalized spacial score (nSPS) is 19.5. The number of carbonyl (C=O) groups excluding carboxylic acids is 1. The summed E-state index contributed by atoms with van der Waals surface area (Å²) in [5.41, 5.74) is 4.65. The molecular weight excluding hydrogens is 230 g/mol. The van der Waals surface area contributed by atoms with Gasteiger partial charge in [-0.05, 0) is 38.5 Å². The van der Waals surface area contributed by atoms with Crippen molar-refractivity contribution in [3.8, 4) is 0 Å². The van der Waals surface area contributed by atoms with Gasteiger partial charge >= 0.3 is 0 Å². The van der Waals surface area contributed by atoms with Crippen LogP contribution in [0, 0.1) is 10.8 Å². The maximum atomic E-state index is 12.2. The zero-order valence-corrected chi connectivity index (χ0v) is 12.0. The molecule has 0 heterocycles. The Morgan fingerprint density at radius 3 is 2.17 bits per heavy atom. The van der Waals surface area contributed by atoms with Crippen LogP contribution in [0.2, 0.25) is 0 Å². The fourth-order valence-electron chi connectivity index (χ4n) is 2.62. The fourth-order valence-corrected chi connectivity index (χ4v) is 2.62. The largest absolute Gasteiger partial charge is 0.409 e. The van der Waals surface area contributed by atoms with Crippen LogP contribution in [0.15, 0.2) is 5.16 Å². The smallest absolute Gasteiger partial charge is 0.234 e. The number of oxime groups is 1. The van der Waals surface area contributed by atoms with Crippen molar-refractivity contribution in [1.29, 1.82) is 0 Å². The molecule has 5 heteroatoms. The minimum absolute atomic E-state index is 0.0200. The van der Waals surface area contributed by atoms with Crippen LogP contribution in [0.1, 0.15) is 53.9 Å². The molecule has 0 atom stereocenters. The van der Waals surface area contributed by atoms with E-state index in [1.54, 1.807) is 0 Å². The Morgan fingerprint density at radius 1 is 1.33 bits per heavy atom. The minimum Gasteiger partial charge on any atom is -0.409 e. The van der Waals surface area contributed by atoms with E-state index < -0.39 is 5.41 Å². The predicted molar refractivity (Wildman–Crippen MR) is 71.4 cm³/mol. The first-order valence-corrected chi connectivity index (χ1v) is 6.33. The van der Waals surface area contributed by atoms with Gasteiger partial charge in [0.25, 0.3) is 0 Å². The van der Waals surface area contributed by atoms with Crippen molar-refractivity contribution >= 4 is 11.7 Å². The third-order valence-electron chi connectivity index (χ3n) is 3.21. The second-order valence-electron chi connectivity index (χ2n) is 7.14. The number of nitrogens with zero attached hydrogens (tertiary/aromatic N) is 1. The first kappa shape index (κ1) is 14.8. The number of rotatable bonds is 4. The molecule has 1 rings (SSSR count). The molecular formula is C13H25N3O2. The van der Waals surface area contributed by atoms with E-state index >= 15 is 0 Å². The summed E-state index contributed by atoms with van der Waals surface area (Å²) in [4.78, 5) is 12.2. The Labute approximate surface area is 109 Å². The van der Waals surface area contributed by atoms with Gasteiger partial charge in [0.15, 0.2) is 5.84 Å². The first-order chi connectivity index (χ1) is 8.02. The van der Waals surface area contributed by atoms with Crippen molar-refractivity contribution < 1.29 is 10.0 Å². The van der Waals surface area contributed by atoms with Gasteiger partial charge in [0.05, 0.1) is 0 Å². The van der Waals surface area contributed by atoms with Crippen LogP contribution in [0.4, 0.5) is 0 Å². The maximum absolute atomic E-state index is 12.2. The van der Waals surface area contributed by atoms with Crippen molar-refractivity contribution in [3.05, 3.63) is 0 Å². The highest BCUT2D eigenvalue weighted by Gasteiger charge is 2.55. The molecule has 0 bridgehead atoms. The molecule has 18 heavy (non-hydrogen) atoms. The molecule has 4 N–H and O–H groups in total. The van der Waals surface area contributed by atoms with E-state index in [0.717, 1.165) is 6.42 Å². The van der Waals surface area contributed by atoms with E-state index in [1.165, 1.54) is 0 Å². The van der Waals surface area contributed by atoms with Crippen molar-refractivity contribution in [3.63, 3.8) is 0 Å². The lowest BCUT2D eigenvalue weighted by Gasteiger charge is -2.34. The third-order valence-corrected chi connectivity index (χ3v) is 3.21. The lowest BCUT2D eigenvalue weighted by atomic mass is 9.81. The summed E-state index contributed by atoms with van der Waals surface area (Å²) in [6.07, 6.45) is 2.17. The van der Waals surface area contributed by atoms with Crippen LogP contribution in [0.5, 0.6) is 0 Å². The molecule has 1 fully saturated rings. The highest BCUT2D eigenvalue weighted by atomic mass is 16.4. The van der Waals surface area contributed by atoms with Gasteiger partial charge in [-0.2, -0.15) is 0 Å². The van der Waals surface area contributed by atoms with Gasteiger partial charge in [-0.3, -0.25) is 4.79 Å². The number of nitrogens with two attached hydrogens (primary N) is 1. The molecule has 0 aliphatic heterocycles. The number of hydrogen-bond acceptors (Lipinski definition) is 3. The SMILES string of the molecule is CC(C)(C)CC(C)(C)NC(=O)C1(C(N)=NO)CC1. The van der Waals surface area contributed by atoms with E-state index in [9.17, 15) is 4.79 Å². The molecule has 0 spiro atoms. The standard InChI is InChI=1S/C13H25N3O2/c1-11(2,3)8-12(4,5)15-10(17)13(6-7-13)9(14)16-18/h18H,6-8H2,1-5H3,(H2,14,16)(H,15,17). The maximum Gasteiger partial charge on any atom is 0.234 e. The van der Waals surface area contributed by atoms with Crippen LogP contribution in [0.25, 0.3) is 0 Å². The lowest BCUT2D eigenvalue weighted by molar-refractivity contribution is -0.126. The molecule has 1 amide bonds. The monoisotopic (exact) mass is 255 g/mol. The van der Waals surface area contributed by atoms with Gasteiger partial charge in [-0.1, -0.05) is 25.9 Å². The van der Waals surface area contributed by atoms with Gasteiger partial charge in [-0.25, -0.2) is 0 Å². The van der Waals surface area contributed by atoms with Gasteiger partial charge in [0.2, 0.25) is 5.91 Å². The number of amides is 1. The molecule has 1 aliphatic carbocycles. The molecule has 0 aromatic carbocycles. The Balaban J connectivity index is 2.71. The molecule has 1 saturated carbocycles. The van der Waals surface area contributed by atoms with Crippen molar-refractivity contribution in [2.75, 3.05) is 0 Å². The van der Waals surface area contributed by atoms with Gasteiger partial charge in [0.1, 0.15) is 5.41 Å². The van der Waals surface area contributed by atoms with E-state index in [2.05, 4.69) is 31.2 Å². The van der Waals surface area contributed by atoms with Gasteiger partial charge in [-0.15, -0.1) is 0 Å². The average molecular weight is 255 g/mol. The van der Waals surface area contributed by atoms with Crippen LogP contribution in [0.3, 0.4) is 0 Å². The zero-order chi connectivity index (χ0) is 14.2. The van der Waals surface area contributed by atoms with Crippen LogP contribution in [-0.2, 0) is 4.79 Å².